The van der Waals surface area contributed by atoms with Gasteiger partial charge < -0.3 is 9.84 Å². The molecule has 176 valence electrons. The predicted octanol–water partition coefficient (Wildman–Crippen LogP) is 5.02. The normalized spacial score (nSPS) is 16.6. The zero-order chi connectivity index (χ0) is 24.7. The maximum Gasteiger partial charge on any atom is 0.573 e. The summed E-state index contributed by atoms with van der Waals surface area (Å²) in [5.41, 5.74) is 0.00346. The van der Waals surface area contributed by atoms with Gasteiger partial charge in [0.15, 0.2) is 0 Å². The topological polar surface area (TPSA) is 83.0 Å². The molecule has 10 heteroatoms. The van der Waals surface area contributed by atoms with Crippen molar-refractivity contribution in [3.8, 4) is 11.5 Å². The molecule has 0 spiro atoms. The molecule has 2 heterocycles. The standard InChI is InChI=1S/C24H20F3N3O4/c1-23(2)21(32)29(17-6-8-19(9-7-17)34-24(25,26)27)22(33)30(23)20(15-10-12-28-13-11-15)16-4-3-5-18(31)14-16/h3-14,20,31H,1-2H3. The van der Waals surface area contributed by atoms with Gasteiger partial charge in [-0.25, -0.2) is 9.69 Å². The van der Waals surface area contributed by atoms with Crippen LogP contribution in [-0.4, -0.2) is 38.8 Å². The van der Waals surface area contributed by atoms with E-state index in [0.717, 1.165) is 17.0 Å². The summed E-state index contributed by atoms with van der Waals surface area (Å²) in [4.78, 5) is 33.4. The van der Waals surface area contributed by atoms with E-state index in [9.17, 15) is 27.9 Å². The Hall–Kier alpha value is -4.08. The van der Waals surface area contributed by atoms with Crippen molar-refractivity contribution in [1.82, 2.24) is 9.88 Å². The number of phenols is 1. The molecular formula is C24H20F3N3O4. The van der Waals surface area contributed by atoms with E-state index in [-0.39, 0.29) is 11.4 Å². The fourth-order valence-corrected chi connectivity index (χ4v) is 4.00. The fraction of sp³-hybridized carbons (Fsp3) is 0.208. The van der Waals surface area contributed by atoms with E-state index in [1.165, 1.54) is 29.2 Å². The Morgan fingerprint density at radius 3 is 2.21 bits per heavy atom. The molecule has 3 aromatic rings. The number of alkyl halides is 3. The number of phenolic OH excluding ortho intramolecular Hbond substituents is 1. The van der Waals surface area contributed by atoms with Crippen LogP contribution >= 0.6 is 0 Å². The number of urea groups is 1. The van der Waals surface area contributed by atoms with Crippen LogP contribution in [-0.2, 0) is 4.79 Å². The van der Waals surface area contributed by atoms with Crippen LogP contribution in [0.1, 0.15) is 31.0 Å². The number of nitrogens with zero attached hydrogens (tertiary/aromatic N) is 3. The van der Waals surface area contributed by atoms with Crippen molar-refractivity contribution in [1.29, 1.82) is 0 Å². The lowest BCUT2D eigenvalue weighted by Gasteiger charge is -2.36. The van der Waals surface area contributed by atoms with E-state index >= 15 is 0 Å². The highest BCUT2D eigenvalue weighted by Gasteiger charge is 2.55. The number of aromatic nitrogens is 1. The lowest BCUT2D eigenvalue weighted by molar-refractivity contribution is -0.274. The fourth-order valence-electron chi connectivity index (χ4n) is 4.00. The zero-order valence-electron chi connectivity index (χ0n) is 18.2. The lowest BCUT2D eigenvalue weighted by atomic mass is 9.93. The van der Waals surface area contributed by atoms with Crippen molar-refractivity contribution < 1.29 is 32.6 Å². The molecule has 1 aliphatic heterocycles. The van der Waals surface area contributed by atoms with Crippen LogP contribution in [0.5, 0.6) is 11.5 Å². The van der Waals surface area contributed by atoms with Crippen LogP contribution < -0.4 is 9.64 Å². The zero-order valence-corrected chi connectivity index (χ0v) is 18.2. The molecule has 1 saturated heterocycles. The number of hydrogen-bond donors (Lipinski definition) is 1. The molecule has 1 N–H and O–H groups in total. The third kappa shape index (κ3) is 4.26. The molecule has 4 rings (SSSR count). The van der Waals surface area contributed by atoms with Crippen molar-refractivity contribution in [2.75, 3.05) is 4.90 Å². The molecule has 0 radical (unpaired) electrons. The number of pyridine rings is 1. The second-order valence-electron chi connectivity index (χ2n) is 8.17. The first-order chi connectivity index (χ1) is 16.0. The molecule has 1 atom stereocenters. The van der Waals surface area contributed by atoms with Gasteiger partial charge >= 0.3 is 12.4 Å². The number of hydrogen-bond acceptors (Lipinski definition) is 5. The number of amides is 3. The second-order valence-corrected chi connectivity index (χ2v) is 8.17. The molecule has 1 aromatic heterocycles. The largest absolute Gasteiger partial charge is 0.573 e. The van der Waals surface area contributed by atoms with Gasteiger partial charge in [0.25, 0.3) is 5.91 Å². The van der Waals surface area contributed by atoms with Crippen LogP contribution in [0.3, 0.4) is 0 Å². The van der Waals surface area contributed by atoms with Crippen molar-refractivity contribution in [2.24, 2.45) is 0 Å². The number of halogens is 3. The SMILES string of the molecule is CC1(C)C(=O)N(c2ccc(OC(F)(F)F)cc2)C(=O)N1C(c1ccncc1)c1cccc(O)c1. The highest BCUT2D eigenvalue weighted by molar-refractivity contribution is 6.23. The molecule has 0 aliphatic carbocycles. The number of imide groups is 1. The van der Waals surface area contributed by atoms with Crippen molar-refractivity contribution in [3.05, 3.63) is 84.2 Å². The first kappa shape index (κ1) is 23.1. The molecule has 34 heavy (non-hydrogen) atoms. The summed E-state index contributed by atoms with van der Waals surface area (Å²) in [6, 6.07) is 12.8. The average molecular weight is 471 g/mol. The number of carbonyl (C=O) groups is 2. The Labute approximate surface area is 193 Å². The van der Waals surface area contributed by atoms with Gasteiger partial charge in [-0.2, -0.15) is 0 Å². The molecular weight excluding hydrogens is 451 g/mol. The van der Waals surface area contributed by atoms with E-state index in [2.05, 4.69) is 9.72 Å². The molecule has 3 amide bonds. The summed E-state index contributed by atoms with van der Waals surface area (Å²) in [6.07, 6.45) is -1.76. The number of benzene rings is 2. The van der Waals surface area contributed by atoms with Gasteiger partial charge in [0.05, 0.1) is 11.7 Å². The van der Waals surface area contributed by atoms with Gasteiger partial charge in [-0.3, -0.25) is 14.7 Å². The number of anilines is 1. The third-order valence-corrected chi connectivity index (χ3v) is 5.52. The Morgan fingerprint density at radius 2 is 1.62 bits per heavy atom. The average Bonchev–Trinajstić information content (AvgIpc) is 2.94. The summed E-state index contributed by atoms with van der Waals surface area (Å²) in [6.45, 7) is 3.18. The Bertz CT molecular complexity index is 1210. The van der Waals surface area contributed by atoms with Gasteiger partial charge in [-0.1, -0.05) is 12.1 Å². The Balaban J connectivity index is 1.77. The first-order valence-electron chi connectivity index (χ1n) is 10.2. The Kier molecular flexibility index (Phi) is 5.68. The maximum atomic E-state index is 13.7. The van der Waals surface area contributed by atoms with Crippen molar-refractivity contribution in [3.63, 3.8) is 0 Å². The summed E-state index contributed by atoms with van der Waals surface area (Å²) < 4.78 is 41.3. The molecule has 1 unspecified atom stereocenters. The molecule has 7 nitrogen and oxygen atoms in total. The third-order valence-electron chi connectivity index (χ3n) is 5.52. The lowest BCUT2D eigenvalue weighted by Crippen LogP contribution is -2.46. The van der Waals surface area contributed by atoms with E-state index < -0.39 is 35.6 Å². The molecule has 1 aliphatic rings. The second kappa shape index (κ2) is 8.36. The van der Waals surface area contributed by atoms with Crippen LogP contribution in [0.4, 0.5) is 23.7 Å². The van der Waals surface area contributed by atoms with Crippen molar-refractivity contribution in [2.45, 2.75) is 31.8 Å². The van der Waals surface area contributed by atoms with Gasteiger partial charge in [0.1, 0.15) is 17.0 Å². The van der Waals surface area contributed by atoms with E-state index in [1.54, 1.807) is 50.5 Å². The minimum Gasteiger partial charge on any atom is -0.508 e. The number of rotatable bonds is 5. The van der Waals surface area contributed by atoms with Crippen LogP contribution in [0, 0.1) is 0 Å². The predicted molar refractivity (Wildman–Crippen MR) is 116 cm³/mol. The summed E-state index contributed by atoms with van der Waals surface area (Å²) in [5.74, 6) is -1.04. The van der Waals surface area contributed by atoms with E-state index in [0.29, 0.717) is 11.1 Å². The Morgan fingerprint density at radius 1 is 0.971 bits per heavy atom. The molecule has 0 saturated carbocycles. The maximum absolute atomic E-state index is 13.7. The summed E-state index contributed by atoms with van der Waals surface area (Å²) in [5, 5.41) is 10.1. The highest BCUT2D eigenvalue weighted by atomic mass is 19.4. The summed E-state index contributed by atoms with van der Waals surface area (Å²) in [7, 11) is 0. The van der Waals surface area contributed by atoms with Gasteiger partial charge in [0.2, 0.25) is 0 Å². The van der Waals surface area contributed by atoms with Crippen LogP contribution in [0.15, 0.2) is 73.1 Å². The monoisotopic (exact) mass is 471 g/mol. The van der Waals surface area contributed by atoms with Crippen molar-refractivity contribution >= 4 is 17.6 Å². The van der Waals surface area contributed by atoms with Gasteiger partial charge in [0, 0.05) is 12.4 Å². The minimum atomic E-state index is -4.86. The molecule has 2 aromatic carbocycles. The number of ether oxygens (including phenoxy) is 1. The number of aromatic hydroxyl groups is 1. The smallest absolute Gasteiger partial charge is 0.508 e. The molecule has 1 fully saturated rings. The first-order valence-corrected chi connectivity index (χ1v) is 10.2. The van der Waals surface area contributed by atoms with Crippen LogP contribution in [0.25, 0.3) is 0 Å². The summed E-state index contributed by atoms with van der Waals surface area (Å²) >= 11 is 0. The quantitative estimate of drug-likeness (QED) is 0.529. The number of carbonyl (C=O) groups excluding carboxylic acids is 2. The van der Waals surface area contributed by atoms with Gasteiger partial charge in [-0.05, 0) is 73.5 Å². The van der Waals surface area contributed by atoms with Crippen LogP contribution in [0.2, 0.25) is 0 Å². The van der Waals surface area contributed by atoms with E-state index in [4.69, 9.17) is 0 Å². The highest BCUT2D eigenvalue weighted by Crippen LogP contribution is 2.42. The van der Waals surface area contributed by atoms with E-state index in [1.807, 2.05) is 0 Å². The minimum absolute atomic E-state index is 0.00977. The van der Waals surface area contributed by atoms with Gasteiger partial charge in [-0.15, -0.1) is 13.2 Å². The molecule has 0 bridgehead atoms.